The summed E-state index contributed by atoms with van der Waals surface area (Å²) in [6.45, 7) is 8.58. The van der Waals surface area contributed by atoms with Crippen LogP contribution in [0.15, 0.2) is 18.2 Å². The molecule has 1 aromatic rings. The fourth-order valence-corrected chi connectivity index (χ4v) is 1.49. The second-order valence-electron chi connectivity index (χ2n) is 4.53. The van der Waals surface area contributed by atoms with Crippen LogP contribution in [0.4, 0.5) is 4.39 Å². The largest absolute Gasteiger partial charge is 0.493 e. The van der Waals surface area contributed by atoms with Crippen LogP contribution < -0.4 is 10.1 Å². The minimum Gasteiger partial charge on any atom is -0.493 e. The molecule has 3 heteroatoms. The highest BCUT2D eigenvalue weighted by molar-refractivity contribution is 5.27. The van der Waals surface area contributed by atoms with Crippen LogP contribution in [0.2, 0.25) is 0 Å². The van der Waals surface area contributed by atoms with E-state index in [1.54, 1.807) is 13.0 Å². The predicted octanol–water partition coefficient (Wildman–Crippen LogP) is 3.15. The first-order valence-electron chi connectivity index (χ1n) is 6.23. The summed E-state index contributed by atoms with van der Waals surface area (Å²) < 4.78 is 18.8. The number of hydrogen-bond donors (Lipinski definition) is 1. The lowest BCUT2D eigenvalue weighted by Crippen LogP contribution is -2.25. The van der Waals surface area contributed by atoms with Gasteiger partial charge < -0.3 is 10.1 Å². The van der Waals surface area contributed by atoms with Crippen LogP contribution in [0, 0.1) is 18.7 Å². The van der Waals surface area contributed by atoms with E-state index in [4.69, 9.17) is 4.74 Å². The molecule has 0 bridgehead atoms. The summed E-state index contributed by atoms with van der Waals surface area (Å²) in [6, 6.07) is 5.00. The lowest BCUT2D eigenvalue weighted by atomic mass is 10.2. The number of aryl methyl sites for hydroxylation is 1. The minimum atomic E-state index is -0.209. The third-order valence-electron chi connectivity index (χ3n) is 2.60. The summed E-state index contributed by atoms with van der Waals surface area (Å²) in [5.41, 5.74) is 0.648. The van der Waals surface area contributed by atoms with Crippen molar-refractivity contribution in [2.45, 2.75) is 27.2 Å². The number of nitrogens with one attached hydrogen (secondary N) is 1. The van der Waals surface area contributed by atoms with Crippen molar-refractivity contribution in [1.82, 2.24) is 5.32 Å². The molecule has 0 spiro atoms. The van der Waals surface area contributed by atoms with Crippen LogP contribution in [-0.2, 0) is 0 Å². The van der Waals surface area contributed by atoms with Gasteiger partial charge in [-0.15, -0.1) is 0 Å². The molecule has 1 rings (SSSR count). The SMILES string of the molecule is CCCNCC(C)COc1ccc(C)c(F)c1. The Hall–Kier alpha value is -1.09. The molecule has 0 amide bonds. The molecule has 2 nitrogen and oxygen atoms in total. The highest BCUT2D eigenvalue weighted by Crippen LogP contribution is 2.16. The molecule has 1 atom stereocenters. The number of benzene rings is 1. The van der Waals surface area contributed by atoms with Crippen molar-refractivity contribution in [2.75, 3.05) is 19.7 Å². The average molecular weight is 239 g/mol. The Morgan fingerprint density at radius 1 is 1.41 bits per heavy atom. The highest BCUT2D eigenvalue weighted by Gasteiger charge is 2.04. The Labute approximate surface area is 103 Å². The maximum atomic E-state index is 13.3. The van der Waals surface area contributed by atoms with Crippen molar-refractivity contribution in [3.05, 3.63) is 29.6 Å². The van der Waals surface area contributed by atoms with Gasteiger partial charge in [0.25, 0.3) is 0 Å². The van der Waals surface area contributed by atoms with Crippen molar-refractivity contribution in [3.8, 4) is 5.75 Å². The van der Waals surface area contributed by atoms with Gasteiger partial charge in [0.05, 0.1) is 6.61 Å². The quantitative estimate of drug-likeness (QED) is 0.738. The first kappa shape index (κ1) is 14.0. The molecular weight excluding hydrogens is 217 g/mol. The molecule has 1 unspecified atom stereocenters. The second kappa shape index (κ2) is 7.28. The van der Waals surface area contributed by atoms with E-state index in [0.29, 0.717) is 23.8 Å². The lowest BCUT2D eigenvalue weighted by Gasteiger charge is -2.14. The summed E-state index contributed by atoms with van der Waals surface area (Å²) >= 11 is 0. The summed E-state index contributed by atoms with van der Waals surface area (Å²) in [7, 11) is 0. The summed E-state index contributed by atoms with van der Waals surface area (Å²) in [5, 5.41) is 3.34. The van der Waals surface area contributed by atoms with Crippen molar-refractivity contribution in [3.63, 3.8) is 0 Å². The van der Waals surface area contributed by atoms with Gasteiger partial charge >= 0.3 is 0 Å². The fourth-order valence-electron chi connectivity index (χ4n) is 1.49. The van der Waals surface area contributed by atoms with Crippen LogP contribution in [-0.4, -0.2) is 19.7 Å². The third-order valence-corrected chi connectivity index (χ3v) is 2.60. The molecule has 0 aliphatic carbocycles. The monoisotopic (exact) mass is 239 g/mol. The van der Waals surface area contributed by atoms with Gasteiger partial charge in [-0.25, -0.2) is 4.39 Å². The van der Waals surface area contributed by atoms with Gasteiger partial charge in [-0.05, 0) is 31.5 Å². The number of rotatable bonds is 7. The van der Waals surface area contributed by atoms with Gasteiger partial charge in [-0.2, -0.15) is 0 Å². The van der Waals surface area contributed by atoms with Crippen molar-refractivity contribution in [2.24, 2.45) is 5.92 Å². The maximum absolute atomic E-state index is 13.3. The van der Waals surface area contributed by atoms with Gasteiger partial charge in [0.1, 0.15) is 11.6 Å². The molecule has 1 aromatic carbocycles. The molecule has 0 saturated carbocycles. The molecule has 96 valence electrons. The Morgan fingerprint density at radius 3 is 2.82 bits per heavy atom. The Balaban J connectivity index is 2.31. The number of hydrogen-bond acceptors (Lipinski definition) is 2. The van der Waals surface area contributed by atoms with E-state index in [1.165, 1.54) is 6.07 Å². The molecular formula is C14H22FNO. The topological polar surface area (TPSA) is 21.3 Å². The van der Waals surface area contributed by atoms with Gasteiger partial charge in [0.15, 0.2) is 0 Å². The van der Waals surface area contributed by atoms with E-state index >= 15 is 0 Å². The smallest absolute Gasteiger partial charge is 0.129 e. The van der Waals surface area contributed by atoms with Crippen molar-refractivity contribution in [1.29, 1.82) is 0 Å². The first-order chi connectivity index (χ1) is 8.13. The highest BCUT2D eigenvalue weighted by atomic mass is 19.1. The zero-order chi connectivity index (χ0) is 12.7. The zero-order valence-electron chi connectivity index (χ0n) is 10.9. The summed E-state index contributed by atoms with van der Waals surface area (Å²) in [6.07, 6.45) is 1.14. The zero-order valence-corrected chi connectivity index (χ0v) is 10.9. The minimum absolute atomic E-state index is 0.209. The molecule has 17 heavy (non-hydrogen) atoms. The normalized spacial score (nSPS) is 12.5. The van der Waals surface area contributed by atoms with E-state index in [0.717, 1.165) is 19.5 Å². The van der Waals surface area contributed by atoms with Crippen LogP contribution in [0.1, 0.15) is 25.8 Å². The van der Waals surface area contributed by atoms with Crippen LogP contribution in [0.25, 0.3) is 0 Å². The fraction of sp³-hybridized carbons (Fsp3) is 0.571. The van der Waals surface area contributed by atoms with Crippen molar-refractivity contribution >= 4 is 0 Å². The molecule has 0 aliphatic rings. The number of ether oxygens (including phenoxy) is 1. The van der Waals surface area contributed by atoms with Crippen LogP contribution in [0.3, 0.4) is 0 Å². The van der Waals surface area contributed by atoms with E-state index in [9.17, 15) is 4.39 Å². The maximum Gasteiger partial charge on any atom is 0.129 e. The third kappa shape index (κ3) is 5.18. The van der Waals surface area contributed by atoms with Gasteiger partial charge in [0.2, 0.25) is 0 Å². The molecule has 0 aliphatic heterocycles. The molecule has 1 N–H and O–H groups in total. The number of halogens is 1. The molecule has 0 heterocycles. The average Bonchev–Trinajstić information content (AvgIpc) is 2.31. The summed E-state index contributed by atoms with van der Waals surface area (Å²) in [4.78, 5) is 0. The Morgan fingerprint density at radius 2 is 2.18 bits per heavy atom. The van der Waals surface area contributed by atoms with E-state index in [1.807, 2.05) is 6.07 Å². The summed E-state index contributed by atoms with van der Waals surface area (Å²) in [5.74, 6) is 0.820. The van der Waals surface area contributed by atoms with Gasteiger partial charge in [0, 0.05) is 18.5 Å². The van der Waals surface area contributed by atoms with Crippen molar-refractivity contribution < 1.29 is 9.13 Å². The van der Waals surface area contributed by atoms with E-state index < -0.39 is 0 Å². The Kier molecular flexibility index (Phi) is 5.98. The first-order valence-corrected chi connectivity index (χ1v) is 6.23. The predicted molar refractivity (Wildman–Crippen MR) is 69.0 cm³/mol. The van der Waals surface area contributed by atoms with Gasteiger partial charge in [-0.1, -0.05) is 19.9 Å². The van der Waals surface area contributed by atoms with E-state index in [2.05, 4.69) is 19.2 Å². The van der Waals surface area contributed by atoms with Crippen LogP contribution >= 0.6 is 0 Å². The van der Waals surface area contributed by atoms with Gasteiger partial charge in [-0.3, -0.25) is 0 Å². The standard InChI is InChI=1S/C14H22FNO/c1-4-7-16-9-11(2)10-17-13-6-5-12(3)14(15)8-13/h5-6,8,11,16H,4,7,9-10H2,1-3H3. The Bertz CT molecular complexity index is 341. The van der Waals surface area contributed by atoms with Crippen LogP contribution in [0.5, 0.6) is 5.75 Å². The lowest BCUT2D eigenvalue weighted by molar-refractivity contribution is 0.255. The molecule has 0 fully saturated rings. The second-order valence-corrected chi connectivity index (χ2v) is 4.53. The van der Waals surface area contributed by atoms with E-state index in [-0.39, 0.29) is 5.82 Å². The molecule has 0 saturated heterocycles. The molecule has 0 aromatic heterocycles. The molecule has 0 radical (unpaired) electrons.